The summed E-state index contributed by atoms with van der Waals surface area (Å²) in [7, 11) is 2.92. The van der Waals surface area contributed by atoms with E-state index in [9.17, 15) is 10.1 Å². The van der Waals surface area contributed by atoms with Crippen LogP contribution in [-0.4, -0.2) is 20.1 Å². The molecule has 2 aromatic carbocycles. The highest BCUT2D eigenvalue weighted by atomic mass is 35.5. The molecule has 0 bridgehead atoms. The molecule has 8 heteroatoms. The molecular formula is C18H13Cl3N2O3. The molecule has 0 aromatic heterocycles. The quantitative estimate of drug-likeness (QED) is 0.541. The van der Waals surface area contributed by atoms with Gasteiger partial charge in [0.15, 0.2) is 11.5 Å². The van der Waals surface area contributed by atoms with Gasteiger partial charge >= 0.3 is 0 Å². The molecule has 0 spiro atoms. The van der Waals surface area contributed by atoms with E-state index < -0.39 is 5.91 Å². The summed E-state index contributed by atoms with van der Waals surface area (Å²) in [6.45, 7) is 0. The second-order valence-corrected chi connectivity index (χ2v) is 6.24. The zero-order chi connectivity index (χ0) is 19.3. The fourth-order valence-corrected chi connectivity index (χ4v) is 2.75. The number of nitrogens with one attached hydrogen (secondary N) is 1. The smallest absolute Gasteiger partial charge is 0.266 e. The average Bonchev–Trinajstić information content (AvgIpc) is 2.62. The van der Waals surface area contributed by atoms with Crippen LogP contribution in [-0.2, 0) is 4.79 Å². The third-order valence-corrected chi connectivity index (χ3v) is 4.15. The van der Waals surface area contributed by atoms with E-state index in [1.54, 1.807) is 24.3 Å². The van der Waals surface area contributed by atoms with Crippen LogP contribution in [0.5, 0.6) is 11.5 Å². The minimum Gasteiger partial charge on any atom is -0.493 e. The average molecular weight is 412 g/mol. The second kappa shape index (κ2) is 8.81. The lowest BCUT2D eigenvalue weighted by Crippen LogP contribution is -2.13. The molecule has 5 nitrogen and oxygen atoms in total. The molecular weight excluding hydrogens is 399 g/mol. The number of nitriles is 1. The highest BCUT2D eigenvalue weighted by Crippen LogP contribution is 2.36. The number of carbonyl (C=O) groups excluding carboxylic acids is 1. The van der Waals surface area contributed by atoms with E-state index in [4.69, 9.17) is 44.3 Å². The van der Waals surface area contributed by atoms with Crippen LogP contribution >= 0.6 is 34.8 Å². The molecule has 1 amide bonds. The Bertz CT molecular complexity index is 921. The molecule has 0 aliphatic carbocycles. The number of nitrogens with zero attached hydrogens (tertiary/aromatic N) is 1. The SMILES string of the molecule is COc1cc(C=C(C#N)C(=O)Nc2cc(Cl)ccc2Cl)cc(Cl)c1OC. The van der Waals surface area contributed by atoms with Gasteiger partial charge < -0.3 is 14.8 Å². The lowest BCUT2D eigenvalue weighted by atomic mass is 10.1. The van der Waals surface area contributed by atoms with Gasteiger partial charge in [-0.3, -0.25) is 4.79 Å². The summed E-state index contributed by atoms with van der Waals surface area (Å²) >= 11 is 18.0. The van der Waals surface area contributed by atoms with Crippen molar-refractivity contribution in [2.24, 2.45) is 0 Å². The van der Waals surface area contributed by atoms with Crippen molar-refractivity contribution in [1.29, 1.82) is 5.26 Å². The maximum atomic E-state index is 12.4. The lowest BCUT2D eigenvalue weighted by Gasteiger charge is -2.11. The number of rotatable bonds is 5. The largest absolute Gasteiger partial charge is 0.493 e. The summed E-state index contributed by atoms with van der Waals surface area (Å²) in [5.41, 5.74) is 0.650. The number of halogens is 3. The standard InChI is InChI=1S/C18H13Cl3N2O3/c1-25-16-7-10(6-14(21)17(16)26-2)5-11(9-22)18(24)23-15-8-12(19)3-4-13(15)20/h3-8H,1-2H3,(H,23,24). The monoisotopic (exact) mass is 410 g/mol. The highest BCUT2D eigenvalue weighted by molar-refractivity contribution is 6.36. The minimum absolute atomic E-state index is 0.149. The molecule has 0 fully saturated rings. The lowest BCUT2D eigenvalue weighted by molar-refractivity contribution is -0.112. The zero-order valence-corrected chi connectivity index (χ0v) is 16.0. The second-order valence-electron chi connectivity index (χ2n) is 4.99. The van der Waals surface area contributed by atoms with E-state index >= 15 is 0 Å². The molecule has 0 aliphatic heterocycles. The van der Waals surface area contributed by atoms with Gasteiger partial charge in [0.2, 0.25) is 0 Å². The Morgan fingerprint density at radius 3 is 2.46 bits per heavy atom. The van der Waals surface area contributed by atoms with Crippen LogP contribution in [0.25, 0.3) is 6.08 Å². The molecule has 0 aliphatic rings. The topological polar surface area (TPSA) is 71.3 Å². The Morgan fingerprint density at radius 2 is 1.85 bits per heavy atom. The summed E-state index contributed by atoms with van der Waals surface area (Å²) in [6, 6.07) is 9.63. The molecule has 0 atom stereocenters. The fraction of sp³-hybridized carbons (Fsp3) is 0.111. The van der Waals surface area contributed by atoms with Crippen LogP contribution in [0.15, 0.2) is 35.9 Å². The van der Waals surface area contributed by atoms with Crippen molar-refractivity contribution < 1.29 is 14.3 Å². The Hall–Kier alpha value is -2.39. The van der Waals surface area contributed by atoms with Gasteiger partial charge in [-0.1, -0.05) is 34.8 Å². The number of anilines is 1. The normalized spacial score (nSPS) is 10.8. The summed E-state index contributed by atoms with van der Waals surface area (Å²) in [5, 5.41) is 12.9. The predicted molar refractivity (Wildman–Crippen MR) is 103 cm³/mol. The molecule has 134 valence electrons. The molecule has 0 radical (unpaired) electrons. The summed E-state index contributed by atoms with van der Waals surface area (Å²) < 4.78 is 10.4. The zero-order valence-electron chi connectivity index (χ0n) is 13.8. The number of methoxy groups -OCH3 is 2. The minimum atomic E-state index is -0.637. The van der Waals surface area contributed by atoms with E-state index in [2.05, 4.69) is 5.32 Å². The molecule has 0 unspecified atom stereocenters. The number of benzene rings is 2. The van der Waals surface area contributed by atoms with Crippen LogP contribution in [0.4, 0.5) is 5.69 Å². The summed E-state index contributed by atoms with van der Waals surface area (Å²) in [5.74, 6) is 0.101. The van der Waals surface area contributed by atoms with Gasteiger partial charge in [-0.25, -0.2) is 0 Å². The van der Waals surface area contributed by atoms with Gasteiger partial charge in [0.05, 0.1) is 30.0 Å². The van der Waals surface area contributed by atoms with Crippen LogP contribution in [0, 0.1) is 11.3 Å². The van der Waals surface area contributed by atoms with E-state index in [0.717, 1.165) is 0 Å². The Kier molecular flexibility index (Phi) is 6.76. The molecule has 0 heterocycles. The third kappa shape index (κ3) is 4.61. The van der Waals surface area contributed by atoms with Crippen molar-refractivity contribution in [2.45, 2.75) is 0 Å². The number of amides is 1. The van der Waals surface area contributed by atoms with Crippen LogP contribution < -0.4 is 14.8 Å². The summed E-state index contributed by atoms with van der Waals surface area (Å²) in [6.07, 6.45) is 1.38. The van der Waals surface area contributed by atoms with E-state index in [1.807, 2.05) is 6.07 Å². The number of hydrogen-bond donors (Lipinski definition) is 1. The van der Waals surface area contributed by atoms with Crippen LogP contribution in [0.3, 0.4) is 0 Å². The van der Waals surface area contributed by atoms with Crippen molar-refractivity contribution in [3.05, 3.63) is 56.5 Å². The number of carbonyl (C=O) groups is 1. The van der Waals surface area contributed by atoms with E-state index in [1.165, 1.54) is 26.4 Å². The Balaban J connectivity index is 2.36. The first kappa shape index (κ1) is 19.9. The molecule has 0 saturated carbocycles. The molecule has 2 aromatic rings. The third-order valence-electron chi connectivity index (χ3n) is 3.31. The molecule has 2 rings (SSSR count). The summed E-state index contributed by atoms with van der Waals surface area (Å²) in [4.78, 5) is 12.4. The van der Waals surface area contributed by atoms with Crippen LogP contribution in [0.2, 0.25) is 15.1 Å². The van der Waals surface area contributed by atoms with E-state index in [0.29, 0.717) is 32.8 Å². The van der Waals surface area contributed by atoms with Crippen molar-refractivity contribution >= 4 is 52.5 Å². The van der Waals surface area contributed by atoms with Crippen molar-refractivity contribution in [2.75, 3.05) is 19.5 Å². The van der Waals surface area contributed by atoms with Gasteiger partial charge in [0, 0.05) is 5.02 Å². The fourth-order valence-electron chi connectivity index (χ4n) is 2.12. The van der Waals surface area contributed by atoms with Crippen LogP contribution in [0.1, 0.15) is 5.56 Å². The molecule has 0 saturated heterocycles. The van der Waals surface area contributed by atoms with Gasteiger partial charge in [-0.05, 0) is 42.0 Å². The molecule has 26 heavy (non-hydrogen) atoms. The van der Waals surface area contributed by atoms with Gasteiger partial charge in [-0.2, -0.15) is 5.26 Å². The van der Waals surface area contributed by atoms with Gasteiger partial charge in [0.25, 0.3) is 5.91 Å². The predicted octanol–water partition coefficient (Wildman–Crippen LogP) is 5.21. The van der Waals surface area contributed by atoms with E-state index in [-0.39, 0.29) is 10.6 Å². The van der Waals surface area contributed by atoms with Crippen molar-refractivity contribution in [3.63, 3.8) is 0 Å². The number of hydrogen-bond acceptors (Lipinski definition) is 4. The maximum absolute atomic E-state index is 12.4. The first-order valence-electron chi connectivity index (χ1n) is 7.19. The van der Waals surface area contributed by atoms with Crippen molar-refractivity contribution in [1.82, 2.24) is 0 Å². The maximum Gasteiger partial charge on any atom is 0.266 e. The van der Waals surface area contributed by atoms with Crippen molar-refractivity contribution in [3.8, 4) is 17.6 Å². The molecule has 1 N–H and O–H groups in total. The van der Waals surface area contributed by atoms with Gasteiger partial charge in [-0.15, -0.1) is 0 Å². The first-order chi connectivity index (χ1) is 12.4. The Morgan fingerprint density at radius 1 is 1.12 bits per heavy atom. The first-order valence-corrected chi connectivity index (χ1v) is 8.32. The highest BCUT2D eigenvalue weighted by Gasteiger charge is 2.14. The Labute approximate surface area is 165 Å². The number of ether oxygens (including phenoxy) is 2. The van der Waals surface area contributed by atoms with Gasteiger partial charge in [0.1, 0.15) is 11.6 Å².